The average Bonchev–Trinajstić information content (AvgIpc) is 3.25. The first-order valence-electron chi connectivity index (χ1n) is 28.6. The van der Waals surface area contributed by atoms with Crippen LogP contribution in [0.3, 0.4) is 0 Å². The van der Waals surface area contributed by atoms with Gasteiger partial charge in [-0.25, -0.2) is 0 Å². The normalized spacial score (nSPS) is 12.1. The Bertz CT molecular complexity index is 991. The number of hydrogen-bond donors (Lipinski definition) is 0. The number of unbranched alkanes of at least 4 members (excludes halogenated alkanes) is 34. The van der Waals surface area contributed by atoms with Crippen LogP contribution in [0, 0.1) is 17.8 Å². The molecule has 0 aliphatic rings. The van der Waals surface area contributed by atoms with Gasteiger partial charge >= 0.3 is 17.9 Å². The summed E-state index contributed by atoms with van der Waals surface area (Å²) >= 11 is 0. The quantitative estimate of drug-likeness (QED) is 0.0344. The zero-order valence-electron chi connectivity index (χ0n) is 44.1. The number of ether oxygens (including phenoxy) is 3. The maximum atomic E-state index is 12.8. The number of carbonyl (C=O) groups is 3. The fourth-order valence-electron chi connectivity index (χ4n) is 8.82. The number of esters is 3. The van der Waals surface area contributed by atoms with Crippen LogP contribution in [0.4, 0.5) is 0 Å². The lowest BCUT2D eigenvalue weighted by atomic mass is 10.0. The zero-order chi connectivity index (χ0) is 47.0. The minimum absolute atomic E-state index is 0.0642. The summed E-state index contributed by atoms with van der Waals surface area (Å²) in [5.41, 5.74) is 0. The van der Waals surface area contributed by atoms with E-state index in [9.17, 15) is 14.4 Å². The molecule has 0 radical (unpaired) electrons. The third kappa shape index (κ3) is 51.4. The molecular weight excluding hydrogens is 793 g/mol. The van der Waals surface area contributed by atoms with Crippen LogP contribution < -0.4 is 0 Å². The van der Waals surface area contributed by atoms with Crippen LogP contribution in [0.2, 0.25) is 0 Å². The van der Waals surface area contributed by atoms with Gasteiger partial charge in [-0.2, -0.15) is 0 Å². The van der Waals surface area contributed by atoms with Gasteiger partial charge in [0.15, 0.2) is 6.10 Å². The molecule has 6 heteroatoms. The van der Waals surface area contributed by atoms with Crippen LogP contribution in [-0.4, -0.2) is 37.2 Å². The first-order valence-corrected chi connectivity index (χ1v) is 28.6. The molecule has 0 aromatic carbocycles. The molecule has 380 valence electrons. The molecule has 6 nitrogen and oxygen atoms in total. The van der Waals surface area contributed by atoms with Crippen molar-refractivity contribution in [3.63, 3.8) is 0 Å². The molecule has 64 heavy (non-hydrogen) atoms. The van der Waals surface area contributed by atoms with Gasteiger partial charge in [-0.05, 0) is 37.0 Å². The molecule has 0 aromatic rings. The number of rotatable bonds is 51. The molecule has 0 aromatic heterocycles. The summed E-state index contributed by atoms with van der Waals surface area (Å²) in [6.45, 7) is 13.7. The highest BCUT2D eigenvalue weighted by molar-refractivity contribution is 5.71. The molecule has 0 saturated heterocycles. The minimum atomic E-state index is -0.763. The topological polar surface area (TPSA) is 78.9 Å². The van der Waals surface area contributed by atoms with Crippen molar-refractivity contribution in [1.82, 2.24) is 0 Å². The van der Waals surface area contributed by atoms with Crippen molar-refractivity contribution >= 4 is 17.9 Å². The molecule has 0 aliphatic heterocycles. The van der Waals surface area contributed by atoms with Crippen molar-refractivity contribution in [2.75, 3.05) is 13.2 Å². The fraction of sp³-hybridized carbons (Fsp3) is 0.948. The maximum absolute atomic E-state index is 12.8. The van der Waals surface area contributed by atoms with Crippen LogP contribution in [-0.2, 0) is 28.6 Å². The Hall–Kier alpha value is -1.59. The van der Waals surface area contributed by atoms with Crippen LogP contribution in [0.25, 0.3) is 0 Å². The van der Waals surface area contributed by atoms with Crippen molar-refractivity contribution < 1.29 is 28.6 Å². The largest absolute Gasteiger partial charge is 0.462 e. The molecule has 0 unspecified atom stereocenters. The summed E-state index contributed by atoms with van der Waals surface area (Å²) in [6.07, 6.45) is 51.1. The molecule has 0 aliphatic carbocycles. The van der Waals surface area contributed by atoms with E-state index >= 15 is 0 Å². The van der Waals surface area contributed by atoms with Gasteiger partial charge in [-0.1, -0.05) is 279 Å². The van der Waals surface area contributed by atoms with Crippen molar-refractivity contribution in [2.45, 2.75) is 324 Å². The van der Waals surface area contributed by atoms with Crippen LogP contribution in [0.5, 0.6) is 0 Å². The summed E-state index contributed by atoms with van der Waals surface area (Å²) in [4.78, 5) is 38.0. The predicted octanol–water partition coefficient (Wildman–Crippen LogP) is 18.7. The van der Waals surface area contributed by atoms with Gasteiger partial charge in [0.2, 0.25) is 0 Å². The first kappa shape index (κ1) is 62.4. The van der Waals surface area contributed by atoms with Crippen molar-refractivity contribution in [3.05, 3.63) is 0 Å². The minimum Gasteiger partial charge on any atom is -0.462 e. The Kier molecular flexibility index (Phi) is 48.1. The summed E-state index contributed by atoms with van der Waals surface area (Å²) < 4.78 is 16.9. The van der Waals surface area contributed by atoms with Gasteiger partial charge in [0.1, 0.15) is 13.2 Å². The molecule has 0 fully saturated rings. The van der Waals surface area contributed by atoms with Crippen molar-refractivity contribution in [2.24, 2.45) is 17.8 Å². The molecule has 0 heterocycles. The van der Waals surface area contributed by atoms with Gasteiger partial charge < -0.3 is 14.2 Å². The summed E-state index contributed by atoms with van der Waals surface area (Å²) in [7, 11) is 0. The van der Waals surface area contributed by atoms with E-state index in [0.29, 0.717) is 19.3 Å². The van der Waals surface area contributed by atoms with E-state index in [2.05, 4.69) is 41.5 Å². The number of hydrogen-bond acceptors (Lipinski definition) is 6. The Balaban J connectivity index is 4.21. The Morgan fingerprint density at radius 3 is 0.672 bits per heavy atom. The third-order valence-electron chi connectivity index (χ3n) is 13.1. The molecule has 0 rings (SSSR count). The first-order chi connectivity index (χ1) is 31.1. The van der Waals surface area contributed by atoms with Crippen LogP contribution in [0.1, 0.15) is 318 Å². The Labute approximate surface area is 399 Å². The monoisotopic (exact) mass is 905 g/mol. The fourth-order valence-corrected chi connectivity index (χ4v) is 8.82. The van der Waals surface area contributed by atoms with E-state index in [1.165, 1.54) is 199 Å². The van der Waals surface area contributed by atoms with Gasteiger partial charge in [-0.15, -0.1) is 0 Å². The Morgan fingerprint density at radius 1 is 0.266 bits per heavy atom. The highest BCUT2D eigenvalue weighted by atomic mass is 16.6. The molecule has 0 bridgehead atoms. The molecule has 0 N–H and O–H groups in total. The second-order valence-electron chi connectivity index (χ2n) is 21.4. The second kappa shape index (κ2) is 49.3. The van der Waals surface area contributed by atoms with Crippen molar-refractivity contribution in [3.8, 4) is 0 Å². The lowest BCUT2D eigenvalue weighted by molar-refractivity contribution is -0.167. The third-order valence-corrected chi connectivity index (χ3v) is 13.1. The van der Waals surface area contributed by atoms with Crippen LogP contribution in [0.15, 0.2) is 0 Å². The van der Waals surface area contributed by atoms with Gasteiger partial charge in [0.05, 0.1) is 0 Å². The van der Waals surface area contributed by atoms with Crippen LogP contribution >= 0.6 is 0 Å². The lowest BCUT2D eigenvalue weighted by Crippen LogP contribution is -2.30. The van der Waals surface area contributed by atoms with E-state index < -0.39 is 6.10 Å². The summed E-state index contributed by atoms with van der Waals surface area (Å²) in [5.74, 6) is 1.62. The predicted molar refractivity (Wildman–Crippen MR) is 275 cm³/mol. The summed E-state index contributed by atoms with van der Waals surface area (Å²) in [6, 6.07) is 0. The number of carbonyl (C=O) groups excluding carboxylic acids is 3. The molecule has 0 spiro atoms. The van der Waals surface area contributed by atoms with E-state index in [4.69, 9.17) is 14.2 Å². The molecular formula is C58H112O6. The molecule has 0 saturated carbocycles. The smallest absolute Gasteiger partial charge is 0.306 e. The van der Waals surface area contributed by atoms with E-state index in [-0.39, 0.29) is 31.1 Å². The molecule has 0 amide bonds. The van der Waals surface area contributed by atoms with E-state index in [0.717, 1.165) is 75.5 Å². The van der Waals surface area contributed by atoms with E-state index in [1.54, 1.807) is 0 Å². The standard InChI is InChI=1S/C58H112O6/c1-52(2)44-38-32-26-21-17-13-11-9-7-8-10-12-14-19-23-29-35-41-47-56(59)62-50-55(51-63-57(60)48-42-36-31-25-28-34-40-46-54(5)6)64-58(61)49-43-37-30-24-20-16-15-18-22-27-33-39-45-53(3)4/h52-55H,7-51H2,1-6H3/t55-/m0/s1. The van der Waals surface area contributed by atoms with Crippen molar-refractivity contribution in [1.29, 1.82) is 0 Å². The maximum Gasteiger partial charge on any atom is 0.306 e. The highest BCUT2D eigenvalue weighted by Crippen LogP contribution is 2.18. The average molecular weight is 906 g/mol. The van der Waals surface area contributed by atoms with Gasteiger partial charge in [-0.3, -0.25) is 14.4 Å². The van der Waals surface area contributed by atoms with Gasteiger partial charge in [0, 0.05) is 19.3 Å². The summed E-state index contributed by atoms with van der Waals surface area (Å²) in [5, 5.41) is 0. The van der Waals surface area contributed by atoms with E-state index in [1.807, 2.05) is 0 Å². The lowest BCUT2D eigenvalue weighted by Gasteiger charge is -2.18. The molecule has 1 atom stereocenters. The zero-order valence-corrected chi connectivity index (χ0v) is 44.1. The highest BCUT2D eigenvalue weighted by Gasteiger charge is 2.19. The SMILES string of the molecule is CC(C)CCCCCCCCCCCCCCCCCCCCC(=O)OC[C@@H](COC(=O)CCCCCCCCCC(C)C)OC(=O)CCCCCCCCCCCCCCC(C)C. The second-order valence-corrected chi connectivity index (χ2v) is 21.4. The van der Waals surface area contributed by atoms with Gasteiger partial charge in [0.25, 0.3) is 0 Å². The Morgan fingerprint density at radius 2 is 0.453 bits per heavy atom.